The van der Waals surface area contributed by atoms with Crippen LogP contribution in [0, 0.1) is 6.92 Å². The molecular formula is C37H31ClN6O6S4. The van der Waals surface area contributed by atoms with Crippen LogP contribution in [-0.4, -0.2) is 38.6 Å². The number of nitrogens with one attached hydrogen (secondary N) is 4. The van der Waals surface area contributed by atoms with Crippen molar-refractivity contribution in [1.82, 2.24) is 9.97 Å². The van der Waals surface area contributed by atoms with Crippen molar-refractivity contribution in [2.24, 2.45) is 0 Å². The highest BCUT2D eigenvalue weighted by atomic mass is 35.5. The second-order valence-electron chi connectivity index (χ2n) is 11.0. The summed E-state index contributed by atoms with van der Waals surface area (Å²) in [6, 6.07) is 26.6. The van der Waals surface area contributed by atoms with Crippen molar-refractivity contribution in [2.45, 2.75) is 16.7 Å². The van der Waals surface area contributed by atoms with E-state index in [1.807, 2.05) is 31.2 Å². The Bertz CT molecular complexity index is 2260. The van der Waals surface area contributed by atoms with Gasteiger partial charge in [-0.1, -0.05) is 53.6 Å². The summed E-state index contributed by atoms with van der Waals surface area (Å²) in [6.45, 7) is 2.00. The van der Waals surface area contributed by atoms with Gasteiger partial charge < -0.3 is 10.6 Å². The molecule has 0 aliphatic carbocycles. The normalized spacial score (nSPS) is 11.4. The van der Waals surface area contributed by atoms with Crippen LogP contribution in [0.1, 0.15) is 16.7 Å². The summed E-state index contributed by atoms with van der Waals surface area (Å²) in [5.41, 5.74) is 3.89. The molecule has 4 N–H and O–H groups in total. The van der Waals surface area contributed by atoms with Gasteiger partial charge in [-0.15, -0.1) is 22.7 Å². The number of hydrogen-bond donors (Lipinski definition) is 4. The van der Waals surface area contributed by atoms with Gasteiger partial charge in [0.05, 0.1) is 9.79 Å². The van der Waals surface area contributed by atoms with Gasteiger partial charge in [-0.25, -0.2) is 26.8 Å². The maximum absolute atomic E-state index is 12.3. The average molecular weight is 819 g/mol. The molecule has 17 heteroatoms. The van der Waals surface area contributed by atoms with Crippen molar-refractivity contribution in [1.29, 1.82) is 0 Å². The monoisotopic (exact) mass is 818 g/mol. The molecule has 0 atom stereocenters. The Labute approximate surface area is 325 Å². The van der Waals surface area contributed by atoms with E-state index in [-0.39, 0.29) is 21.6 Å². The number of hydrogen-bond acceptors (Lipinski definition) is 10. The first-order valence-corrected chi connectivity index (χ1v) is 20.8. The lowest BCUT2D eigenvalue weighted by atomic mass is 10.1. The number of carbonyl (C=O) groups excluding carboxylic acids is 2. The molecule has 54 heavy (non-hydrogen) atoms. The molecule has 2 amide bonds. The van der Waals surface area contributed by atoms with E-state index in [1.54, 1.807) is 47.2 Å². The van der Waals surface area contributed by atoms with Crippen molar-refractivity contribution in [2.75, 3.05) is 20.1 Å². The van der Waals surface area contributed by atoms with E-state index in [2.05, 4.69) is 30.0 Å². The lowest BCUT2D eigenvalue weighted by molar-refractivity contribution is -0.112. The van der Waals surface area contributed by atoms with Crippen LogP contribution in [0.4, 0.5) is 21.6 Å². The lowest BCUT2D eigenvalue weighted by Gasteiger charge is -2.07. The lowest BCUT2D eigenvalue weighted by Crippen LogP contribution is -2.13. The minimum Gasteiger partial charge on any atom is -0.323 e. The maximum atomic E-state index is 12.3. The molecule has 276 valence electrons. The zero-order valence-corrected chi connectivity index (χ0v) is 32.2. The zero-order chi connectivity index (χ0) is 38.6. The number of aromatic nitrogens is 2. The molecule has 12 nitrogen and oxygen atoms in total. The third-order valence-electron chi connectivity index (χ3n) is 6.97. The highest BCUT2D eigenvalue weighted by Crippen LogP contribution is 2.21. The zero-order valence-electron chi connectivity index (χ0n) is 28.2. The third kappa shape index (κ3) is 12.2. The molecule has 0 bridgehead atoms. The van der Waals surface area contributed by atoms with Gasteiger partial charge >= 0.3 is 0 Å². The molecule has 0 radical (unpaired) electrons. The summed E-state index contributed by atoms with van der Waals surface area (Å²) < 4.78 is 53.9. The van der Waals surface area contributed by atoms with Gasteiger partial charge in [0.25, 0.3) is 20.0 Å². The maximum Gasteiger partial charge on any atom is 0.263 e. The van der Waals surface area contributed by atoms with Gasteiger partial charge in [-0.3, -0.25) is 19.0 Å². The van der Waals surface area contributed by atoms with Crippen LogP contribution >= 0.6 is 34.3 Å². The fourth-order valence-electron chi connectivity index (χ4n) is 4.29. The molecular weight excluding hydrogens is 788 g/mol. The first-order valence-electron chi connectivity index (χ1n) is 15.7. The number of amides is 2. The van der Waals surface area contributed by atoms with Crippen LogP contribution in [0.25, 0.3) is 12.2 Å². The molecule has 0 saturated heterocycles. The summed E-state index contributed by atoms with van der Waals surface area (Å²) in [6.07, 6.45) is 9.22. The van der Waals surface area contributed by atoms with Crippen LogP contribution in [0.3, 0.4) is 0 Å². The fourth-order valence-corrected chi connectivity index (χ4v) is 8.00. The van der Waals surface area contributed by atoms with E-state index in [0.29, 0.717) is 26.7 Å². The summed E-state index contributed by atoms with van der Waals surface area (Å²) in [4.78, 5) is 31.9. The Hall–Kier alpha value is -5.65. The molecule has 2 heterocycles. The van der Waals surface area contributed by atoms with Crippen molar-refractivity contribution >= 4 is 99.9 Å². The summed E-state index contributed by atoms with van der Waals surface area (Å²) in [7, 11) is -7.42. The molecule has 0 aliphatic heterocycles. The third-order valence-corrected chi connectivity index (χ3v) is 11.6. The first kappa shape index (κ1) is 39.6. The van der Waals surface area contributed by atoms with Crippen LogP contribution < -0.4 is 20.1 Å². The number of nitrogens with zero attached hydrogens (tertiary/aromatic N) is 2. The minimum absolute atomic E-state index is 0.0763. The molecule has 0 unspecified atom stereocenters. The highest BCUT2D eigenvalue weighted by Gasteiger charge is 2.16. The number of anilines is 4. The standard InChI is InChI=1S/C19H17N3O3S2.C18H14ClN3O3S2/c1-14-2-4-15(5-3-14)6-11-18(23)21-16-7-9-17(10-8-16)27(24,25)22-19-20-12-13-26-19;19-14-4-1-13(2-5-14)3-10-17(23)21-15-6-8-16(9-7-15)27(24,25)22-18-20-11-12-26-18/h2-13H,1H3,(H,20,22)(H,21,23);1-12H,(H,20,22)(H,21,23)/b11-6+;10-3+. The van der Waals surface area contributed by atoms with Gasteiger partial charge in [-0.2, -0.15) is 0 Å². The van der Waals surface area contributed by atoms with Gasteiger partial charge in [-0.05, 0) is 90.9 Å². The van der Waals surface area contributed by atoms with Crippen molar-refractivity contribution in [3.05, 3.63) is 154 Å². The summed E-state index contributed by atoms with van der Waals surface area (Å²) in [5, 5.41) is 9.94. The first-order chi connectivity index (χ1) is 25.8. The smallest absolute Gasteiger partial charge is 0.263 e. The number of aryl methyl sites for hydroxylation is 1. The predicted molar refractivity (Wildman–Crippen MR) is 217 cm³/mol. The van der Waals surface area contributed by atoms with Crippen LogP contribution in [0.5, 0.6) is 0 Å². The molecule has 2 aromatic heterocycles. The minimum atomic E-state index is -3.72. The second kappa shape index (κ2) is 18.4. The van der Waals surface area contributed by atoms with Crippen LogP contribution in [0.15, 0.2) is 142 Å². The predicted octanol–water partition coefficient (Wildman–Crippen LogP) is 8.15. The van der Waals surface area contributed by atoms with E-state index in [9.17, 15) is 26.4 Å². The number of rotatable bonds is 12. The van der Waals surface area contributed by atoms with Crippen LogP contribution in [0.2, 0.25) is 5.02 Å². The largest absolute Gasteiger partial charge is 0.323 e. The Kier molecular flexibility index (Phi) is 13.5. The molecule has 0 spiro atoms. The number of sulfonamides is 2. The molecule has 0 fully saturated rings. The Balaban J connectivity index is 0.000000208. The Morgan fingerprint density at radius 1 is 0.593 bits per heavy atom. The van der Waals surface area contributed by atoms with Crippen molar-refractivity contribution < 1.29 is 26.4 Å². The summed E-state index contributed by atoms with van der Waals surface area (Å²) in [5.74, 6) is -0.631. The molecule has 6 aromatic rings. The Morgan fingerprint density at radius 2 is 0.981 bits per heavy atom. The molecule has 4 aromatic carbocycles. The molecule has 6 rings (SSSR count). The van der Waals surface area contributed by atoms with E-state index in [4.69, 9.17) is 11.6 Å². The number of halogens is 1. The average Bonchev–Trinajstić information content (AvgIpc) is 3.86. The number of benzene rings is 4. The number of thiazole rings is 2. The van der Waals surface area contributed by atoms with Gasteiger partial charge in [0.1, 0.15) is 0 Å². The van der Waals surface area contributed by atoms with Gasteiger partial charge in [0, 0.05) is 51.7 Å². The summed E-state index contributed by atoms with van der Waals surface area (Å²) >= 11 is 8.19. The highest BCUT2D eigenvalue weighted by molar-refractivity contribution is 7.93. The van der Waals surface area contributed by atoms with E-state index in [1.165, 1.54) is 95.8 Å². The van der Waals surface area contributed by atoms with Crippen molar-refractivity contribution in [3.63, 3.8) is 0 Å². The van der Waals surface area contributed by atoms with Gasteiger partial charge in [0.2, 0.25) is 11.8 Å². The quantitative estimate of drug-likeness (QED) is 0.0895. The van der Waals surface area contributed by atoms with Gasteiger partial charge in [0.15, 0.2) is 10.3 Å². The number of carbonyl (C=O) groups is 2. The van der Waals surface area contributed by atoms with Crippen LogP contribution in [-0.2, 0) is 29.6 Å². The fraction of sp³-hybridized carbons (Fsp3) is 0.0270. The topological polar surface area (TPSA) is 176 Å². The SMILES string of the molecule is Cc1ccc(/C=C/C(=O)Nc2ccc(S(=O)(=O)Nc3nccs3)cc2)cc1.O=C(/C=C/c1ccc(Cl)cc1)Nc1ccc(S(=O)(=O)Nc2nccs2)cc1. The van der Waals surface area contributed by atoms with E-state index in [0.717, 1.165) is 16.7 Å². The Morgan fingerprint density at radius 3 is 1.35 bits per heavy atom. The molecule has 0 aliphatic rings. The second-order valence-corrected chi connectivity index (χ2v) is 16.6. The molecule has 0 saturated carbocycles. The van der Waals surface area contributed by atoms with Crippen molar-refractivity contribution in [3.8, 4) is 0 Å². The van der Waals surface area contributed by atoms with E-state index >= 15 is 0 Å². The van der Waals surface area contributed by atoms with E-state index < -0.39 is 20.0 Å².